The molecule has 0 saturated carbocycles. The highest BCUT2D eigenvalue weighted by Gasteiger charge is 2.24. The van der Waals surface area contributed by atoms with E-state index in [1.165, 1.54) is 57.8 Å². The van der Waals surface area contributed by atoms with Crippen LogP contribution in [0.15, 0.2) is 48.5 Å². The zero-order valence-electron chi connectivity index (χ0n) is 25.0. The molecule has 0 aliphatic carbocycles. The van der Waals surface area contributed by atoms with Gasteiger partial charge in [0.15, 0.2) is 0 Å². The molecule has 0 spiro atoms. The van der Waals surface area contributed by atoms with Gasteiger partial charge in [0.05, 0.1) is 6.61 Å². The number of ether oxygens (including phenoxy) is 1. The topological polar surface area (TPSA) is 105 Å². The van der Waals surface area contributed by atoms with Crippen LogP contribution >= 0.6 is 0 Å². The van der Waals surface area contributed by atoms with Crippen LogP contribution in [0.25, 0.3) is 12.2 Å². The third-order valence-corrected chi connectivity index (χ3v) is 6.80. The molecule has 0 saturated heterocycles. The molecule has 0 fully saturated rings. The van der Waals surface area contributed by atoms with Gasteiger partial charge in [-0.05, 0) is 54.2 Å². The van der Waals surface area contributed by atoms with Crippen molar-refractivity contribution in [2.45, 2.75) is 97.4 Å². The second kappa shape index (κ2) is 19.5. The Bertz CT molecular complexity index is 1080. The van der Waals surface area contributed by atoms with Crippen molar-refractivity contribution in [2.24, 2.45) is 5.92 Å². The van der Waals surface area contributed by atoms with Crippen molar-refractivity contribution in [1.82, 2.24) is 5.32 Å². The predicted molar refractivity (Wildman–Crippen MR) is 167 cm³/mol. The highest BCUT2D eigenvalue weighted by Crippen LogP contribution is 2.17. The number of nitrogens with one attached hydrogen (secondary N) is 2. The van der Waals surface area contributed by atoms with Crippen LogP contribution in [-0.2, 0) is 14.4 Å². The first-order chi connectivity index (χ1) is 19.8. The summed E-state index contributed by atoms with van der Waals surface area (Å²) in [6.45, 7) is 6.70. The van der Waals surface area contributed by atoms with Gasteiger partial charge in [-0.2, -0.15) is 0 Å². The van der Waals surface area contributed by atoms with Crippen molar-refractivity contribution in [3.63, 3.8) is 0 Å². The summed E-state index contributed by atoms with van der Waals surface area (Å²) in [5.74, 6) is -2.11. The Hall–Kier alpha value is -3.61. The molecule has 0 radical (unpaired) electrons. The van der Waals surface area contributed by atoms with Crippen molar-refractivity contribution in [3.8, 4) is 5.75 Å². The van der Waals surface area contributed by atoms with E-state index in [2.05, 4.69) is 17.6 Å². The number of carbonyl (C=O) groups excluding carboxylic acids is 2. The lowest BCUT2D eigenvalue weighted by Crippen LogP contribution is -2.46. The molecule has 0 aromatic heterocycles. The third-order valence-electron chi connectivity index (χ3n) is 6.80. The average Bonchev–Trinajstić information content (AvgIpc) is 2.95. The molecule has 7 nitrogen and oxygen atoms in total. The lowest BCUT2D eigenvalue weighted by atomic mass is 10.0. The zero-order chi connectivity index (χ0) is 29.9. The molecule has 2 amide bonds. The van der Waals surface area contributed by atoms with Crippen molar-refractivity contribution < 1.29 is 24.2 Å². The number of hydrogen-bond donors (Lipinski definition) is 3. The number of unbranched alkanes of at least 4 members (excludes halogenated alkanes) is 9. The van der Waals surface area contributed by atoms with E-state index in [0.29, 0.717) is 5.69 Å². The van der Waals surface area contributed by atoms with Crippen LogP contribution in [0.4, 0.5) is 5.69 Å². The number of carbonyl (C=O) groups is 3. The minimum atomic E-state index is -1.16. The van der Waals surface area contributed by atoms with Gasteiger partial charge in [0.2, 0.25) is 0 Å². The van der Waals surface area contributed by atoms with Gasteiger partial charge in [0.25, 0.3) is 0 Å². The van der Waals surface area contributed by atoms with E-state index in [-0.39, 0.29) is 12.3 Å². The molecule has 2 aromatic rings. The van der Waals surface area contributed by atoms with Crippen LogP contribution in [0.5, 0.6) is 5.75 Å². The summed E-state index contributed by atoms with van der Waals surface area (Å²) in [6, 6.07) is 13.9. The summed E-state index contributed by atoms with van der Waals surface area (Å²) in [4.78, 5) is 35.7. The Morgan fingerprint density at radius 3 is 1.78 bits per heavy atom. The van der Waals surface area contributed by atoms with Gasteiger partial charge in [0.1, 0.15) is 11.8 Å². The number of anilines is 1. The molecule has 0 aliphatic heterocycles. The fourth-order valence-electron chi connectivity index (χ4n) is 4.43. The van der Waals surface area contributed by atoms with E-state index < -0.39 is 23.8 Å². The van der Waals surface area contributed by atoms with Crippen molar-refractivity contribution >= 4 is 35.6 Å². The molecule has 2 aromatic carbocycles. The number of benzene rings is 2. The summed E-state index contributed by atoms with van der Waals surface area (Å²) < 4.78 is 5.89. The molecule has 7 heteroatoms. The van der Waals surface area contributed by atoms with Gasteiger partial charge in [0, 0.05) is 5.69 Å². The lowest BCUT2D eigenvalue weighted by molar-refractivity contribution is -0.144. The Labute approximate surface area is 245 Å². The van der Waals surface area contributed by atoms with Crippen molar-refractivity contribution in [2.75, 3.05) is 11.9 Å². The minimum absolute atomic E-state index is 0.0607. The van der Waals surface area contributed by atoms with Crippen LogP contribution in [0.1, 0.15) is 103 Å². The van der Waals surface area contributed by atoms with Gasteiger partial charge < -0.3 is 20.5 Å². The highest BCUT2D eigenvalue weighted by atomic mass is 16.5. The van der Waals surface area contributed by atoms with Crippen LogP contribution in [0.2, 0.25) is 0 Å². The van der Waals surface area contributed by atoms with E-state index >= 15 is 0 Å². The summed E-state index contributed by atoms with van der Waals surface area (Å²) in [7, 11) is 0. The predicted octanol–water partition coefficient (Wildman–Crippen LogP) is 7.71. The molecule has 0 heterocycles. The smallest absolute Gasteiger partial charge is 0.326 e. The number of carboxylic acids is 1. The molecule has 0 aliphatic rings. The van der Waals surface area contributed by atoms with Gasteiger partial charge in [-0.1, -0.05) is 115 Å². The number of amides is 2. The zero-order valence-corrected chi connectivity index (χ0v) is 25.0. The summed E-state index contributed by atoms with van der Waals surface area (Å²) in [5, 5.41) is 14.0. The molecule has 0 bridgehead atoms. The first-order valence-corrected chi connectivity index (χ1v) is 15.1. The van der Waals surface area contributed by atoms with E-state index in [1.54, 1.807) is 12.1 Å². The highest BCUT2D eigenvalue weighted by molar-refractivity contribution is 6.40. The Balaban J connectivity index is 1.69. The van der Waals surface area contributed by atoms with Gasteiger partial charge >= 0.3 is 17.8 Å². The summed E-state index contributed by atoms with van der Waals surface area (Å²) in [5.41, 5.74) is 2.42. The fourth-order valence-corrected chi connectivity index (χ4v) is 4.43. The SMILES string of the molecule is CCCCCCCCCCCCOc1ccc(/C=C/c2ccc(NC(=O)C(=O)NC(CC(C)C)C(=O)O)cc2)cc1. The number of hydrogen-bond acceptors (Lipinski definition) is 4. The largest absolute Gasteiger partial charge is 0.494 e. The molecule has 3 N–H and O–H groups in total. The molecule has 2 rings (SSSR count). The Kier molecular flexibility index (Phi) is 15.9. The quantitative estimate of drug-likeness (QED) is 0.0921. The van der Waals surface area contributed by atoms with Crippen LogP contribution in [0, 0.1) is 5.92 Å². The Morgan fingerprint density at radius 2 is 1.27 bits per heavy atom. The summed E-state index contributed by atoms with van der Waals surface area (Å²) in [6.07, 6.45) is 17.3. The second-order valence-electron chi connectivity index (χ2n) is 11.0. The fraction of sp³-hybridized carbons (Fsp3) is 0.500. The molecular formula is C34H48N2O5. The van der Waals surface area contributed by atoms with Crippen molar-refractivity contribution in [1.29, 1.82) is 0 Å². The van der Waals surface area contributed by atoms with Crippen LogP contribution < -0.4 is 15.4 Å². The number of carboxylic acid groups (broad SMARTS) is 1. The maximum absolute atomic E-state index is 12.2. The maximum Gasteiger partial charge on any atom is 0.326 e. The monoisotopic (exact) mass is 564 g/mol. The minimum Gasteiger partial charge on any atom is -0.494 e. The molecule has 41 heavy (non-hydrogen) atoms. The molecular weight excluding hydrogens is 516 g/mol. The van der Waals surface area contributed by atoms with Crippen LogP contribution in [-0.4, -0.2) is 35.5 Å². The van der Waals surface area contributed by atoms with E-state index in [9.17, 15) is 19.5 Å². The number of rotatable bonds is 19. The van der Waals surface area contributed by atoms with E-state index in [0.717, 1.165) is 29.9 Å². The van der Waals surface area contributed by atoms with Crippen molar-refractivity contribution in [3.05, 3.63) is 59.7 Å². The van der Waals surface area contributed by atoms with Crippen LogP contribution in [0.3, 0.4) is 0 Å². The lowest BCUT2D eigenvalue weighted by Gasteiger charge is -2.16. The van der Waals surface area contributed by atoms with Gasteiger partial charge in [-0.25, -0.2) is 4.79 Å². The first kappa shape index (κ1) is 33.6. The van der Waals surface area contributed by atoms with Gasteiger partial charge in [-0.15, -0.1) is 0 Å². The van der Waals surface area contributed by atoms with Gasteiger partial charge in [-0.3, -0.25) is 9.59 Å². The third kappa shape index (κ3) is 14.5. The normalized spacial score (nSPS) is 11.9. The second-order valence-corrected chi connectivity index (χ2v) is 11.0. The standard InChI is InChI=1S/C34H48N2O5/c1-4-5-6-7-8-9-10-11-12-13-24-41-30-22-18-28(19-23-30)15-14-27-16-20-29(21-17-27)35-32(37)33(38)36-31(34(39)40)25-26(2)3/h14-23,26,31H,4-13,24-25H2,1-3H3,(H,35,37)(H,36,38)(H,39,40)/b15-14+. The molecule has 224 valence electrons. The average molecular weight is 565 g/mol. The van der Waals surface area contributed by atoms with E-state index in [1.807, 2.05) is 62.4 Å². The summed E-state index contributed by atoms with van der Waals surface area (Å²) >= 11 is 0. The Morgan fingerprint density at radius 1 is 0.756 bits per heavy atom. The maximum atomic E-state index is 12.2. The number of aliphatic carboxylic acids is 1. The first-order valence-electron chi connectivity index (χ1n) is 15.1. The molecule has 1 atom stereocenters. The van der Waals surface area contributed by atoms with E-state index in [4.69, 9.17) is 4.74 Å². The molecule has 1 unspecified atom stereocenters.